The third kappa shape index (κ3) is 3.01. The summed E-state index contributed by atoms with van der Waals surface area (Å²) in [6, 6.07) is 17.9. The lowest BCUT2D eigenvalue weighted by atomic mass is 10.1. The highest BCUT2D eigenvalue weighted by Gasteiger charge is 2.17. The molecule has 0 atom stereocenters. The van der Waals surface area contributed by atoms with Crippen molar-refractivity contribution in [3.8, 4) is 16.9 Å². The van der Waals surface area contributed by atoms with Crippen molar-refractivity contribution in [3.05, 3.63) is 71.4 Å². The fourth-order valence-corrected chi connectivity index (χ4v) is 2.40. The van der Waals surface area contributed by atoms with Crippen LogP contribution in [0.5, 0.6) is 0 Å². The van der Waals surface area contributed by atoms with Gasteiger partial charge in [-0.25, -0.2) is 9.48 Å². The molecule has 0 aliphatic carbocycles. The van der Waals surface area contributed by atoms with Crippen LogP contribution in [0.4, 0.5) is 0 Å². The van der Waals surface area contributed by atoms with E-state index in [0.29, 0.717) is 5.69 Å². The van der Waals surface area contributed by atoms with E-state index in [9.17, 15) is 4.79 Å². The van der Waals surface area contributed by atoms with Crippen LogP contribution in [-0.4, -0.2) is 22.9 Å². The second-order valence-electron chi connectivity index (χ2n) is 5.52. The second kappa shape index (κ2) is 6.08. The SMILES string of the molecule is COC(=O)c1cc(-c2ccc(C)cc2)n(-c2ccc(C)cc2)n1. The van der Waals surface area contributed by atoms with Gasteiger partial charge < -0.3 is 4.74 Å². The quantitative estimate of drug-likeness (QED) is 0.688. The molecule has 0 saturated heterocycles. The Labute approximate surface area is 135 Å². The first-order valence-corrected chi connectivity index (χ1v) is 7.41. The molecule has 4 heteroatoms. The number of esters is 1. The molecule has 0 fully saturated rings. The maximum absolute atomic E-state index is 11.9. The van der Waals surface area contributed by atoms with Crippen molar-refractivity contribution in [1.29, 1.82) is 0 Å². The molecule has 0 N–H and O–H groups in total. The Bertz CT molecular complexity index is 768. The van der Waals surface area contributed by atoms with E-state index in [1.807, 2.05) is 62.4 Å². The lowest BCUT2D eigenvalue weighted by molar-refractivity contribution is 0.0593. The highest BCUT2D eigenvalue weighted by atomic mass is 16.5. The minimum Gasteiger partial charge on any atom is -0.464 e. The molecule has 0 amide bonds. The number of aromatic nitrogens is 2. The van der Waals surface area contributed by atoms with Gasteiger partial charge in [0, 0.05) is 5.56 Å². The molecule has 0 spiro atoms. The van der Waals surface area contributed by atoms with Gasteiger partial charge in [-0.05, 0) is 32.0 Å². The number of carbonyl (C=O) groups is 1. The van der Waals surface area contributed by atoms with Gasteiger partial charge in [0.25, 0.3) is 0 Å². The molecule has 4 nitrogen and oxygen atoms in total. The van der Waals surface area contributed by atoms with Crippen LogP contribution < -0.4 is 0 Å². The first kappa shape index (κ1) is 15.0. The lowest BCUT2D eigenvalue weighted by Gasteiger charge is -2.08. The average Bonchev–Trinajstić information content (AvgIpc) is 3.01. The Morgan fingerprint density at radius 2 is 1.52 bits per heavy atom. The summed E-state index contributed by atoms with van der Waals surface area (Å²) >= 11 is 0. The maximum Gasteiger partial charge on any atom is 0.358 e. The van der Waals surface area contributed by atoms with Gasteiger partial charge in [0.15, 0.2) is 5.69 Å². The molecule has 0 saturated carbocycles. The Balaban J connectivity index is 2.16. The third-order valence-electron chi connectivity index (χ3n) is 3.73. The van der Waals surface area contributed by atoms with Crippen molar-refractivity contribution >= 4 is 5.97 Å². The van der Waals surface area contributed by atoms with E-state index in [2.05, 4.69) is 5.10 Å². The minimum atomic E-state index is -0.441. The highest BCUT2D eigenvalue weighted by molar-refractivity contribution is 5.89. The number of hydrogen-bond acceptors (Lipinski definition) is 3. The van der Waals surface area contributed by atoms with Gasteiger partial charge in [-0.1, -0.05) is 47.5 Å². The largest absolute Gasteiger partial charge is 0.464 e. The van der Waals surface area contributed by atoms with Crippen molar-refractivity contribution in [2.45, 2.75) is 13.8 Å². The number of rotatable bonds is 3. The summed E-state index contributed by atoms with van der Waals surface area (Å²) in [5.41, 5.74) is 5.41. The number of nitrogens with zero attached hydrogens (tertiary/aromatic N) is 2. The average molecular weight is 306 g/mol. The van der Waals surface area contributed by atoms with E-state index in [0.717, 1.165) is 16.9 Å². The van der Waals surface area contributed by atoms with Crippen molar-refractivity contribution in [3.63, 3.8) is 0 Å². The number of ether oxygens (including phenoxy) is 1. The van der Waals surface area contributed by atoms with Crippen molar-refractivity contribution in [1.82, 2.24) is 9.78 Å². The predicted octanol–water partition coefficient (Wildman–Crippen LogP) is 3.94. The fourth-order valence-electron chi connectivity index (χ4n) is 2.40. The molecule has 0 radical (unpaired) electrons. The summed E-state index contributed by atoms with van der Waals surface area (Å²) in [4.78, 5) is 11.9. The molecule has 116 valence electrons. The van der Waals surface area contributed by atoms with Gasteiger partial charge in [-0.3, -0.25) is 0 Å². The molecule has 0 aliphatic rings. The molecule has 0 aliphatic heterocycles. The van der Waals surface area contributed by atoms with E-state index in [1.54, 1.807) is 10.7 Å². The van der Waals surface area contributed by atoms with Crippen LogP contribution in [0.1, 0.15) is 21.6 Å². The molecule has 1 aromatic heterocycles. The first-order chi connectivity index (χ1) is 11.1. The van der Waals surface area contributed by atoms with Crippen LogP contribution in [0.3, 0.4) is 0 Å². The van der Waals surface area contributed by atoms with Crippen molar-refractivity contribution in [2.75, 3.05) is 7.11 Å². The van der Waals surface area contributed by atoms with Gasteiger partial charge in [0.05, 0.1) is 18.5 Å². The van der Waals surface area contributed by atoms with Crippen LogP contribution in [0.15, 0.2) is 54.6 Å². The van der Waals surface area contributed by atoms with Crippen molar-refractivity contribution < 1.29 is 9.53 Å². The summed E-state index contributed by atoms with van der Waals surface area (Å²) in [7, 11) is 1.36. The maximum atomic E-state index is 11.9. The Kier molecular flexibility index (Phi) is 3.98. The number of carbonyl (C=O) groups excluding carboxylic acids is 1. The van der Waals surface area contributed by atoms with Gasteiger partial charge in [-0.15, -0.1) is 0 Å². The number of benzene rings is 2. The van der Waals surface area contributed by atoms with Gasteiger partial charge in [-0.2, -0.15) is 5.10 Å². The summed E-state index contributed by atoms with van der Waals surface area (Å²) < 4.78 is 6.57. The Morgan fingerprint density at radius 1 is 0.957 bits per heavy atom. The smallest absolute Gasteiger partial charge is 0.358 e. The molecule has 3 aromatic rings. The minimum absolute atomic E-state index is 0.295. The summed E-state index contributed by atoms with van der Waals surface area (Å²) in [5.74, 6) is -0.441. The zero-order valence-electron chi connectivity index (χ0n) is 13.4. The molecule has 23 heavy (non-hydrogen) atoms. The van der Waals surface area contributed by atoms with Gasteiger partial charge in [0.2, 0.25) is 0 Å². The summed E-state index contributed by atoms with van der Waals surface area (Å²) in [6.07, 6.45) is 0. The van der Waals surface area contributed by atoms with E-state index in [-0.39, 0.29) is 0 Å². The van der Waals surface area contributed by atoms with Gasteiger partial charge in [0.1, 0.15) is 0 Å². The monoisotopic (exact) mass is 306 g/mol. The number of methoxy groups -OCH3 is 1. The Hall–Kier alpha value is -2.88. The first-order valence-electron chi connectivity index (χ1n) is 7.41. The molecule has 2 aromatic carbocycles. The highest BCUT2D eigenvalue weighted by Crippen LogP contribution is 2.25. The van der Waals surface area contributed by atoms with Crippen LogP contribution in [-0.2, 0) is 4.74 Å². The topological polar surface area (TPSA) is 44.1 Å². The fraction of sp³-hybridized carbons (Fsp3) is 0.158. The summed E-state index contributed by atoms with van der Waals surface area (Å²) in [5, 5.41) is 4.42. The Morgan fingerprint density at radius 3 is 2.09 bits per heavy atom. The third-order valence-corrected chi connectivity index (χ3v) is 3.73. The molecule has 3 rings (SSSR count). The lowest BCUT2D eigenvalue weighted by Crippen LogP contribution is -2.04. The molecule has 0 bridgehead atoms. The van der Waals surface area contributed by atoms with E-state index in [1.165, 1.54) is 18.2 Å². The number of aryl methyl sites for hydroxylation is 2. The molecule has 0 unspecified atom stereocenters. The van der Waals surface area contributed by atoms with E-state index < -0.39 is 5.97 Å². The normalized spacial score (nSPS) is 10.6. The molecule has 1 heterocycles. The zero-order valence-corrected chi connectivity index (χ0v) is 13.4. The van der Waals surface area contributed by atoms with Crippen molar-refractivity contribution in [2.24, 2.45) is 0 Å². The van der Waals surface area contributed by atoms with E-state index >= 15 is 0 Å². The van der Waals surface area contributed by atoms with Crippen LogP contribution in [0, 0.1) is 13.8 Å². The predicted molar refractivity (Wildman–Crippen MR) is 89.8 cm³/mol. The standard InChI is InChI=1S/C19H18N2O2/c1-13-4-8-15(9-5-13)18-12-17(19(22)23-3)20-21(18)16-10-6-14(2)7-11-16/h4-12H,1-3H3. The summed E-state index contributed by atoms with van der Waals surface area (Å²) in [6.45, 7) is 4.08. The van der Waals surface area contributed by atoms with Crippen LogP contribution >= 0.6 is 0 Å². The second-order valence-corrected chi connectivity index (χ2v) is 5.52. The zero-order chi connectivity index (χ0) is 16.4. The number of hydrogen-bond donors (Lipinski definition) is 0. The van der Waals surface area contributed by atoms with Crippen LogP contribution in [0.25, 0.3) is 16.9 Å². The molecular formula is C19H18N2O2. The van der Waals surface area contributed by atoms with Gasteiger partial charge >= 0.3 is 5.97 Å². The van der Waals surface area contributed by atoms with Crippen LogP contribution in [0.2, 0.25) is 0 Å². The molecular weight excluding hydrogens is 288 g/mol. The van der Waals surface area contributed by atoms with E-state index in [4.69, 9.17) is 4.74 Å².